The van der Waals surface area contributed by atoms with Crippen molar-refractivity contribution >= 4 is 11.8 Å². The summed E-state index contributed by atoms with van der Waals surface area (Å²) in [6.45, 7) is 1.63. The van der Waals surface area contributed by atoms with Crippen LogP contribution in [0, 0.1) is 0 Å². The lowest BCUT2D eigenvalue weighted by Gasteiger charge is -2.32. The van der Waals surface area contributed by atoms with Gasteiger partial charge < -0.3 is 20.2 Å². The van der Waals surface area contributed by atoms with Gasteiger partial charge in [-0.1, -0.05) is 0 Å². The van der Waals surface area contributed by atoms with Crippen molar-refractivity contribution in [3.05, 3.63) is 0 Å². The molecule has 0 spiro atoms. The second kappa shape index (κ2) is 5.09. The Labute approximate surface area is 88.8 Å². The molecule has 6 heteroatoms. The number of amides is 2. The molecule has 0 aliphatic carbocycles. The van der Waals surface area contributed by atoms with E-state index in [9.17, 15) is 14.7 Å². The average Bonchev–Trinajstić information content (AvgIpc) is 2.20. The highest BCUT2D eigenvalue weighted by Crippen LogP contribution is 2.03. The second-order valence-corrected chi connectivity index (χ2v) is 3.69. The van der Waals surface area contributed by atoms with Crippen molar-refractivity contribution in [2.24, 2.45) is 0 Å². The van der Waals surface area contributed by atoms with Crippen molar-refractivity contribution in [2.45, 2.75) is 6.10 Å². The average molecular weight is 215 g/mol. The molecule has 1 atom stereocenters. The number of carbonyl (C=O) groups excluding carboxylic acids is 2. The number of rotatable bonds is 4. The van der Waals surface area contributed by atoms with Crippen molar-refractivity contribution in [1.82, 2.24) is 15.1 Å². The molecule has 1 saturated heterocycles. The molecule has 1 heterocycles. The number of hydrogen-bond donors (Lipinski definition) is 2. The number of likely N-dealkylation sites (N-methyl/N-ethyl adjacent to an activating group) is 2. The third-order valence-corrected chi connectivity index (χ3v) is 2.39. The quantitative estimate of drug-likeness (QED) is 0.525. The number of β-amino-alcohol motifs (C(OH)–C–C–N with tert-alkyl or cyclic N) is 1. The van der Waals surface area contributed by atoms with Crippen LogP contribution in [0.25, 0.3) is 0 Å². The molecule has 15 heavy (non-hydrogen) atoms. The Balaban J connectivity index is 2.49. The number of aliphatic hydroxyl groups excluding tert-OH is 1. The molecule has 1 aliphatic rings. The highest BCUT2D eigenvalue weighted by Gasteiger charge is 2.30. The van der Waals surface area contributed by atoms with Crippen LogP contribution in [0.5, 0.6) is 0 Å². The van der Waals surface area contributed by atoms with Gasteiger partial charge in [-0.25, -0.2) is 0 Å². The minimum atomic E-state index is -0.629. The first-order chi connectivity index (χ1) is 7.06. The zero-order valence-corrected chi connectivity index (χ0v) is 9.06. The number of hydrogen-bond acceptors (Lipinski definition) is 4. The maximum Gasteiger partial charge on any atom is 0.312 e. The van der Waals surface area contributed by atoms with E-state index in [-0.39, 0.29) is 6.54 Å². The van der Waals surface area contributed by atoms with Gasteiger partial charge in [0.2, 0.25) is 0 Å². The lowest BCUT2D eigenvalue weighted by Crippen LogP contribution is -2.55. The van der Waals surface area contributed by atoms with Gasteiger partial charge >= 0.3 is 11.8 Å². The zero-order chi connectivity index (χ0) is 11.4. The first kappa shape index (κ1) is 11.9. The fourth-order valence-electron chi connectivity index (χ4n) is 1.50. The Bertz CT molecular complexity index is 257. The van der Waals surface area contributed by atoms with Crippen LogP contribution in [-0.2, 0) is 9.59 Å². The van der Waals surface area contributed by atoms with Gasteiger partial charge in [0.25, 0.3) is 0 Å². The number of piperazine rings is 1. The summed E-state index contributed by atoms with van der Waals surface area (Å²) in [6.07, 6.45) is -0.629. The Kier molecular flexibility index (Phi) is 4.05. The van der Waals surface area contributed by atoms with Crippen molar-refractivity contribution < 1.29 is 14.7 Å². The van der Waals surface area contributed by atoms with Crippen LogP contribution in [-0.4, -0.2) is 73.1 Å². The number of carbonyl (C=O) groups is 2. The van der Waals surface area contributed by atoms with E-state index in [4.69, 9.17) is 0 Å². The third kappa shape index (κ3) is 2.90. The van der Waals surface area contributed by atoms with E-state index >= 15 is 0 Å². The van der Waals surface area contributed by atoms with E-state index < -0.39 is 17.9 Å². The molecule has 1 unspecified atom stereocenters. The van der Waals surface area contributed by atoms with Crippen molar-refractivity contribution in [1.29, 1.82) is 0 Å². The Morgan fingerprint density at radius 3 is 2.67 bits per heavy atom. The molecule has 0 bridgehead atoms. The van der Waals surface area contributed by atoms with Gasteiger partial charge in [0.05, 0.1) is 6.10 Å². The summed E-state index contributed by atoms with van der Waals surface area (Å²) < 4.78 is 0. The van der Waals surface area contributed by atoms with Crippen molar-refractivity contribution in [2.75, 3.05) is 40.3 Å². The van der Waals surface area contributed by atoms with Crippen LogP contribution >= 0.6 is 0 Å². The molecule has 86 valence electrons. The summed E-state index contributed by atoms with van der Waals surface area (Å²) in [5.41, 5.74) is 0. The van der Waals surface area contributed by atoms with Crippen molar-refractivity contribution in [3.8, 4) is 0 Å². The van der Waals surface area contributed by atoms with Gasteiger partial charge in [-0.05, 0) is 7.05 Å². The van der Waals surface area contributed by atoms with Crippen LogP contribution in [0.2, 0.25) is 0 Å². The van der Waals surface area contributed by atoms with E-state index in [0.29, 0.717) is 19.6 Å². The predicted molar refractivity (Wildman–Crippen MR) is 54.2 cm³/mol. The topological polar surface area (TPSA) is 72.9 Å². The summed E-state index contributed by atoms with van der Waals surface area (Å²) in [7, 11) is 3.32. The smallest absolute Gasteiger partial charge is 0.312 e. The summed E-state index contributed by atoms with van der Waals surface area (Å²) in [6, 6.07) is 0. The summed E-state index contributed by atoms with van der Waals surface area (Å²) in [5, 5.41) is 12.3. The highest BCUT2D eigenvalue weighted by molar-refractivity contribution is 6.35. The molecule has 0 aromatic rings. The van der Waals surface area contributed by atoms with Crippen LogP contribution in [0.3, 0.4) is 0 Å². The van der Waals surface area contributed by atoms with Gasteiger partial charge in [0.1, 0.15) is 0 Å². The van der Waals surface area contributed by atoms with E-state index in [1.54, 1.807) is 14.1 Å². The molecule has 0 aromatic carbocycles. The maximum absolute atomic E-state index is 11.5. The van der Waals surface area contributed by atoms with Crippen LogP contribution in [0.1, 0.15) is 0 Å². The highest BCUT2D eigenvalue weighted by atomic mass is 16.3. The molecule has 1 fully saturated rings. The van der Waals surface area contributed by atoms with E-state index in [1.807, 2.05) is 0 Å². The summed E-state index contributed by atoms with van der Waals surface area (Å²) >= 11 is 0. The predicted octanol–water partition coefficient (Wildman–Crippen LogP) is -2.13. The van der Waals surface area contributed by atoms with Gasteiger partial charge in [-0.3, -0.25) is 9.59 Å². The fraction of sp³-hybridized carbons (Fsp3) is 0.778. The molecule has 1 aliphatic heterocycles. The molecular weight excluding hydrogens is 198 g/mol. The minimum absolute atomic E-state index is 0.208. The molecule has 0 saturated carbocycles. The Morgan fingerprint density at radius 1 is 1.40 bits per heavy atom. The van der Waals surface area contributed by atoms with Gasteiger partial charge in [-0.2, -0.15) is 0 Å². The molecule has 6 nitrogen and oxygen atoms in total. The molecular formula is C9H17N3O3. The van der Waals surface area contributed by atoms with Crippen LogP contribution in [0.15, 0.2) is 0 Å². The lowest BCUT2D eigenvalue weighted by atomic mass is 10.2. The monoisotopic (exact) mass is 215 g/mol. The van der Waals surface area contributed by atoms with Crippen LogP contribution < -0.4 is 5.32 Å². The SMILES string of the molecule is CNCC(O)CN1CCN(C)C(=O)C1=O. The van der Waals surface area contributed by atoms with E-state index in [1.165, 1.54) is 9.80 Å². The van der Waals surface area contributed by atoms with E-state index in [2.05, 4.69) is 5.32 Å². The first-order valence-corrected chi connectivity index (χ1v) is 4.93. The molecule has 2 N–H and O–H groups in total. The van der Waals surface area contributed by atoms with Gasteiger partial charge in [-0.15, -0.1) is 0 Å². The Hall–Kier alpha value is -1.14. The van der Waals surface area contributed by atoms with Crippen molar-refractivity contribution in [3.63, 3.8) is 0 Å². The molecule has 0 radical (unpaired) electrons. The maximum atomic E-state index is 11.5. The summed E-state index contributed by atoms with van der Waals surface area (Å²) in [4.78, 5) is 25.6. The van der Waals surface area contributed by atoms with Crippen LogP contribution in [0.4, 0.5) is 0 Å². The first-order valence-electron chi connectivity index (χ1n) is 4.93. The normalized spacial score (nSPS) is 19.7. The van der Waals surface area contributed by atoms with E-state index in [0.717, 1.165) is 0 Å². The number of nitrogens with one attached hydrogen (secondary N) is 1. The summed E-state index contributed by atoms with van der Waals surface area (Å²) in [5.74, 6) is -1.03. The Morgan fingerprint density at radius 2 is 2.07 bits per heavy atom. The standard InChI is InChI=1S/C9H17N3O3/c1-10-5-7(13)6-12-4-3-11(2)8(14)9(12)15/h7,10,13H,3-6H2,1-2H3. The molecule has 2 amide bonds. The largest absolute Gasteiger partial charge is 0.390 e. The fourth-order valence-corrected chi connectivity index (χ4v) is 1.50. The molecule has 0 aromatic heterocycles. The second-order valence-electron chi connectivity index (χ2n) is 3.69. The third-order valence-electron chi connectivity index (χ3n) is 2.39. The number of aliphatic hydroxyl groups is 1. The number of nitrogens with zero attached hydrogens (tertiary/aromatic N) is 2. The zero-order valence-electron chi connectivity index (χ0n) is 9.06. The lowest BCUT2D eigenvalue weighted by molar-refractivity contribution is -0.155. The minimum Gasteiger partial charge on any atom is -0.390 e. The van der Waals surface area contributed by atoms with Gasteiger partial charge in [0, 0.05) is 33.2 Å². The van der Waals surface area contributed by atoms with Gasteiger partial charge in [0.15, 0.2) is 0 Å². The molecule has 1 rings (SSSR count).